The fourth-order valence-electron chi connectivity index (χ4n) is 2.01. The lowest BCUT2D eigenvalue weighted by Gasteiger charge is -2.16. The highest BCUT2D eigenvalue weighted by Gasteiger charge is 2.08. The van der Waals surface area contributed by atoms with Crippen LogP contribution in [0.4, 0.5) is 0 Å². The highest BCUT2D eigenvalue weighted by Crippen LogP contribution is 2.03. The minimum Gasteiger partial charge on any atom is -0.387 e. The zero-order valence-electron chi connectivity index (χ0n) is 11.6. The molecule has 0 bridgehead atoms. The lowest BCUT2D eigenvalue weighted by molar-refractivity contribution is 0.658. The molecule has 0 spiro atoms. The van der Waals surface area contributed by atoms with E-state index >= 15 is 0 Å². The second-order valence-corrected chi connectivity index (χ2v) is 4.82. The first-order valence-corrected chi connectivity index (χ1v) is 6.88. The molecule has 3 N–H and O–H groups in total. The SMILES string of the molecule is C=C(NCCc1ccccc1)C(N)Cc1ccccn1. The van der Waals surface area contributed by atoms with Crippen LogP contribution in [-0.2, 0) is 12.8 Å². The van der Waals surface area contributed by atoms with Crippen molar-refractivity contribution in [2.45, 2.75) is 18.9 Å². The maximum absolute atomic E-state index is 6.13. The summed E-state index contributed by atoms with van der Waals surface area (Å²) in [6.45, 7) is 4.86. The molecule has 1 aromatic heterocycles. The van der Waals surface area contributed by atoms with Crippen LogP contribution < -0.4 is 11.1 Å². The fourth-order valence-corrected chi connectivity index (χ4v) is 2.01. The smallest absolute Gasteiger partial charge is 0.0494 e. The van der Waals surface area contributed by atoms with E-state index in [9.17, 15) is 0 Å². The zero-order chi connectivity index (χ0) is 14.2. The summed E-state index contributed by atoms with van der Waals surface area (Å²) in [7, 11) is 0. The highest BCUT2D eigenvalue weighted by atomic mass is 14.9. The van der Waals surface area contributed by atoms with Crippen molar-refractivity contribution in [2.24, 2.45) is 5.73 Å². The van der Waals surface area contributed by atoms with Gasteiger partial charge in [-0.25, -0.2) is 0 Å². The van der Waals surface area contributed by atoms with Crippen LogP contribution in [0.1, 0.15) is 11.3 Å². The summed E-state index contributed by atoms with van der Waals surface area (Å²) in [5, 5.41) is 3.30. The molecule has 0 amide bonds. The van der Waals surface area contributed by atoms with E-state index in [1.54, 1.807) is 6.20 Å². The number of hydrogen-bond donors (Lipinski definition) is 2. The molecule has 1 atom stereocenters. The average molecular weight is 267 g/mol. The van der Waals surface area contributed by atoms with Gasteiger partial charge in [0.1, 0.15) is 0 Å². The van der Waals surface area contributed by atoms with Gasteiger partial charge in [-0.3, -0.25) is 4.98 Å². The molecule has 0 saturated heterocycles. The van der Waals surface area contributed by atoms with Gasteiger partial charge in [0.2, 0.25) is 0 Å². The summed E-state index contributed by atoms with van der Waals surface area (Å²) < 4.78 is 0. The average Bonchev–Trinajstić information content (AvgIpc) is 2.49. The maximum Gasteiger partial charge on any atom is 0.0494 e. The van der Waals surface area contributed by atoms with Crippen molar-refractivity contribution in [3.05, 3.63) is 78.3 Å². The fraction of sp³-hybridized carbons (Fsp3) is 0.235. The summed E-state index contributed by atoms with van der Waals surface area (Å²) in [6, 6.07) is 16.1. The predicted octanol–water partition coefficient (Wildman–Crippen LogP) is 2.30. The second kappa shape index (κ2) is 7.46. The van der Waals surface area contributed by atoms with Gasteiger partial charge < -0.3 is 11.1 Å². The quantitative estimate of drug-likeness (QED) is 0.809. The van der Waals surface area contributed by atoms with E-state index in [4.69, 9.17) is 5.73 Å². The van der Waals surface area contributed by atoms with Crippen molar-refractivity contribution in [3.8, 4) is 0 Å². The van der Waals surface area contributed by atoms with Crippen molar-refractivity contribution >= 4 is 0 Å². The molecule has 20 heavy (non-hydrogen) atoms. The van der Waals surface area contributed by atoms with Gasteiger partial charge in [-0.1, -0.05) is 43.0 Å². The maximum atomic E-state index is 6.13. The zero-order valence-corrected chi connectivity index (χ0v) is 11.6. The summed E-state index contributed by atoms with van der Waals surface area (Å²) >= 11 is 0. The molecular weight excluding hydrogens is 246 g/mol. The number of nitrogens with one attached hydrogen (secondary N) is 1. The second-order valence-electron chi connectivity index (χ2n) is 4.82. The third kappa shape index (κ3) is 4.52. The first-order chi connectivity index (χ1) is 9.75. The summed E-state index contributed by atoms with van der Waals surface area (Å²) in [4.78, 5) is 4.28. The van der Waals surface area contributed by atoms with Crippen LogP contribution >= 0.6 is 0 Å². The molecule has 0 aliphatic heterocycles. The van der Waals surface area contributed by atoms with Crippen LogP contribution in [0.2, 0.25) is 0 Å². The molecule has 1 heterocycles. The molecule has 0 radical (unpaired) electrons. The van der Waals surface area contributed by atoms with Gasteiger partial charge in [0.25, 0.3) is 0 Å². The number of rotatable bonds is 7. The number of pyridine rings is 1. The molecule has 2 aromatic rings. The Labute approximate surface area is 120 Å². The Morgan fingerprint density at radius 2 is 1.90 bits per heavy atom. The van der Waals surface area contributed by atoms with Crippen molar-refractivity contribution < 1.29 is 0 Å². The highest BCUT2D eigenvalue weighted by molar-refractivity contribution is 5.16. The number of nitrogens with two attached hydrogens (primary N) is 1. The Kier molecular flexibility index (Phi) is 5.33. The van der Waals surface area contributed by atoms with Gasteiger partial charge in [0, 0.05) is 36.6 Å². The summed E-state index contributed by atoms with van der Waals surface area (Å²) in [5.74, 6) is 0. The lowest BCUT2D eigenvalue weighted by atomic mass is 10.1. The monoisotopic (exact) mass is 267 g/mol. The number of hydrogen-bond acceptors (Lipinski definition) is 3. The molecule has 1 unspecified atom stereocenters. The van der Waals surface area contributed by atoms with Crippen molar-refractivity contribution in [1.82, 2.24) is 10.3 Å². The number of benzene rings is 1. The lowest BCUT2D eigenvalue weighted by Crippen LogP contribution is -2.33. The molecule has 2 rings (SSSR count). The van der Waals surface area contributed by atoms with Gasteiger partial charge >= 0.3 is 0 Å². The third-order valence-electron chi connectivity index (χ3n) is 3.21. The van der Waals surface area contributed by atoms with Gasteiger partial charge in [0.05, 0.1) is 0 Å². The van der Waals surface area contributed by atoms with Crippen molar-refractivity contribution in [2.75, 3.05) is 6.54 Å². The van der Waals surface area contributed by atoms with Crippen LogP contribution in [0.3, 0.4) is 0 Å². The van der Waals surface area contributed by atoms with Crippen LogP contribution in [0.25, 0.3) is 0 Å². The molecule has 104 valence electrons. The number of aromatic nitrogens is 1. The molecule has 3 nitrogen and oxygen atoms in total. The van der Waals surface area contributed by atoms with Crippen molar-refractivity contribution in [1.29, 1.82) is 0 Å². The first-order valence-electron chi connectivity index (χ1n) is 6.88. The van der Waals surface area contributed by atoms with E-state index in [2.05, 4.69) is 41.1 Å². The molecule has 0 aliphatic rings. The Hall–Kier alpha value is -2.13. The van der Waals surface area contributed by atoms with E-state index in [0.29, 0.717) is 6.42 Å². The predicted molar refractivity (Wildman–Crippen MR) is 83.2 cm³/mol. The van der Waals surface area contributed by atoms with Crippen LogP contribution in [0, 0.1) is 0 Å². The topological polar surface area (TPSA) is 50.9 Å². The largest absolute Gasteiger partial charge is 0.387 e. The third-order valence-corrected chi connectivity index (χ3v) is 3.21. The molecule has 1 aromatic carbocycles. The molecule has 0 aliphatic carbocycles. The van der Waals surface area contributed by atoms with E-state index in [1.807, 2.05) is 24.3 Å². The normalized spacial score (nSPS) is 11.8. The van der Waals surface area contributed by atoms with Gasteiger partial charge in [-0.15, -0.1) is 0 Å². The van der Waals surface area contributed by atoms with E-state index < -0.39 is 0 Å². The van der Waals surface area contributed by atoms with Gasteiger partial charge in [0.15, 0.2) is 0 Å². The standard InChI is InChI=1S/C17H21N3/c1-14(17(18)13-16-9-5-6-11-20-16)19-12-10-15-7-3-2-4-8-15/h2-9,11,17,19H,1,10,12-13,18H2. The first kappa shape index (κ1) is 14.3. The summed E-state index contributed by atoms with van der Waals surface area (Å²) in [6.07, 6.45) is 3.46. The molecule has 0 saturated carbocycles. The van der Waals surface area contributed by atoms with E-state index in [0.717, 1.165) is 24.4 Å². The Morgan fingerprint density at radius 3 is 2.60 bits per heavy atom. The Morgan fingerprint density at radius 1 is 1.15 bits per heavy atom. The molecule has 3 heteroatoms. The van der Waals surface area contributed by atoms with E-state index in [1.165, 1.54) is 5.56 Å². The van der Waals surface area contributed by atoms with Crippen LogP contribution in [0.5, 0.6) is 0 Å². The van der Waals surface area contributed by atoms with E-state index in [-0.39, 0.29) is 6.04 Å². The van der Waals surface area contributed by atoms with Gasteiger partial charge in [-0.2, -0.15) is 0 Å². The van der Waals surface area contributed by atoms with Gasteiger partial charge in [-0.05, 0) is 24.1 Å². The number of nitrogens with zero attached hydrogens (tertiary/aromatic N) is 1. The Balaban J connectivity index is 1.74. The summed E-state index contributed by atoms with van der Waals surface area (Å²) in [5.41, 5.74) is 9.30. The molecule has 0 fully saturated rings. The molecular formula is C17H21N3. The Bertz CT molecular complexity index is 522. The minimum atomic E-state index is -0.110. The van der Waals surface area contributed by atoms with Crippen LogP contribution in [0.15, 0.2) is 67.0 Å². The van der Waals surface area contributed by atoms with Crippen molar-refractivity contribution in [3.63, 3.8) is 0 Å². The van der Waals surface area contributed by atoms with Crippen LogP contribution in [-0.4, -0.2) is 17.6 Å². The minimum absolute atomic E-state index is 0.110.